The average molecular weight is 280 g/mol. The number of hydrogen-bond donors (Lipinski definition) is 0. The lowest BCUT2D eigenvalue weighted by Gasteiger charge is -2.11. The van der Waals surface area contributed by atoms with E-state index in [9.17, 15) is 4.79 Å². The molecule has 0 amide bonds. The number of halogens is 1. The zero-order chi connectivity index (χ0) is 14.3. The van der Waals surface area contributed by atoms with Crippen molar-refractivity contribution in [3.63, 3.8) is 0 Å². The van der Waals surface area contributed by atoms with Crippen LogP contribution in [0.2, 0.25) is 5.02 Å². The van der Waals surface area contributed by atoms with Crippen molar-refractivity contribution in [2.75, 3.05) is 6.61 Å². The number of carbonyl (C=O) groups is 1. The highest BCUT2D eigenvalue weighted by atomic mass is 35.5. The summed E-state index contributed by atoms with van der Waals surface area (Å²) in [6, 6.07) is 6.71. The zero-order valence-corrected chi connectivity index (χ0v) is 12.0. The van der Waals surface area contributed by atoms with Gasteiger partial charge in [-0.05, 0) is 31.5 Å². The van der Waals surface area contributed by atoms with E-state index in [2.05, 4.69) is 11.6 Å². The highest BCUT2D eigenvalue weighted by molar-refractivity contribution is 6.30. The summed E-state index contributed by atoms with van der Waals surface area (Å²) in [5.41, 5.74) is 1.78. The number of rotatable bonds is 6. The van der Waals surface area contributed by atoms with Crippen LogP contribution in [0.1, 0.15) is 25.8 Å². The Kier molecular flexibility index (Phi) is 6.30. The molecular weight excluding hydrogens is 262 g/mol. The van der Waals surface area contributed by atoms with Crippen molar-refractivity contribution in [1.29, 1.82) is 0 Å². The molecule has 1 rings (SSSR count). The SMILES string of the molecule is C=C(C)CC(N=Cc1ccc(Cl)cc1)C(=O)OCC. The van der Waals surface area contributed by atoms with Gasteiger partial charge in [0, 0.05) is 17.7 Å². The van der Waals surface area contributed by atoms with Gasteiger partial charge in [0.15, 0.2) is 6.04 Å². The summed E-state index contributed by atoms with van der Waals surface area (Å²) in [4.78, 5) is 16.0. The van der Waals surface area contributed by atoms with Gasteiger partial charge in [0.2, 0.25) is 0 Å². The minimum atomic E-state index is -0.534. The van der Waals surface area contributed by atoms with Gasteiger partial charge < -0.3 is 4.74 Å². The van der Waals surface area contributed by atoms with Gasteiger partial charge in [0.1, 0.15) is 0 Å². The maximum atomic E-state index is 11.8. The van der Waals surface area contributed by atoms with Crippen LogP contribution in [-0.2, 0) is 9.53 Å². The second-order valence-corrected chi connectivity index (χ2v) is 4.70. The standard InChI is InChI=1S/C15H18ClNO2/c1-4-19-15(18)14(9-11(2)3)17-10-12-5-7-13(16)8-6-12/h5-8,10,14H,2,4,9H2,1,3H3. The normalized spacial score (nSPS) is 12.4. The Balaban J connectivity index is 2.78. The molecule has 4 heteroatoms. The van der Waals surface area contributed by atoms with Crippen molar-refractivity contribution in [3.8, 4) is 0 Å². The maximum Gasteiger partial charge on any atom is 0.331 e. The van der Waals surface area contributed by atoms with Crippen LogP contribution in [0.15, 0.2) is 41.4 Å². The van der Waals surface area contributed by atoms with Crippen molar-refractivity contribution in [1.82, 2.24) is 0 Å². The van der Waals surface area contributed by atoms with Crippen LogP contribution < -0.4 is 0 Å². The highest BCUT2D eigenvalue weighted by Crippen LogP contribution is 2.11. The number of benzene rings is 1. The summed E-state index contributed by atoms with van der Waals surface area (Å²) in [7, 11) is 0. The van der Waals surface area contributed by atoms with E-state index in [4.69, 9.17) is 16.3 Å². The van der Waals surface area contributed by atoms with Gasteiger partial charge in [-0.3, -0.25) is 4.99 Å². The van der Waals surface area contributed by atoms with Gasteiger partial charge in [-0.15, -0.1) is 6.58 Å². The predicted octanol–water partition coefficient (Wildman–Crippen LogP) is 3.66. The molecule has 0 saturated carbocycles. The first kappa shape index (κ1) is 15.4. The molecule has 1 atom stereocenters. The molecule has 1 aromatic carbocycles. The summed E-state index contributed by atoms with van der Waals surface area (Å²) >= 11 is 5.80. The fourth-order valence-corrected chi connectivity index (χ4v) is 1.62. The molecule has 0 bridgehead atoms. The fourth-order valence-electron chi connectivity index (χ4n) is 1.49. The first-order chi connectivity index (χ1) is 9.02. The molecule has 0 aliphatic heterocycles. The van der Waals surface area contributed by atoms with Crippen molar-refractivity contribution in [2.24, 2.45) is 4.99 Å². The minimum Gasteiger partial charge on any atom is -0.464 e. The van der Waals surface area contributed by atoms with Gasteiger partial charge in [-0.25, -0.2) is 4.79 Å². The molecule has 0 spiro atoms. The first-order valence-corrected chi connectivity index (χ1v) is 6.50. The Bertz CT molecular complexity index is 466. The Labute approximate surface area is 118 Å². The molecule has 0 radical (unpaired) electrons. The lowest BCUT2D eigenvalue weighted by Crippen LogP contribution is -2.22. The molecule has 0 aliphatic rings. The molecule has 1 unspecified atom stereocenters. The van der Waals surface area contributed by atoms with Crippen molar-refractivity contribution >= 4 is 23.8 Å². The first-order valence-electron chi connectivity index (χ1n) is 6.12. The van der Waals surface area contributed by atoms with Crippen LogP contribution in [-0.4, -0.2) is 24.8 Å². The minimum absolute atomic E-state index is 0.323. The quantitative estimate of drug-likeness (QED) is 0.453. The number of aliphatic imine (C=N–C) groups is 1. The van der Waals surface area contributed by atoms with Gasteiger partial charge in [0.25, 0.3) is 0 Å². The smallest absolute Gasteiger partial charge is 0.331 e. The van der Waals surface area contributed by atoms with Crippen molar-refractivity contribution in [3.05, 3.63) is 47.0 Å². The summed E-state index contributed by atoms with van der Waals surface area (Å²) in [5.74, 6) is -0.323. The number of carbonyl (C=O) groups excluding carboxylic acids is 1. The van der Waals surface area contributed by atoms with Crippen molar-refractivity contribution < 1.29 is 9.53 Å². The van der Waals surface area contributed by atoms with E-state index in [1.54, 1.807) is 25.3 Å². The van der Waals surface area contributed by atoms with Gasteiger partial charge in [-0.1, -0.05) is 29.3 Å². The largest absolute Gasteiger partial charge is 0.464 e. The van der Waals surface area contributed by atoms with E-state index in [0.717, 1.165) is 11.1 Å². The maximum absolute atomic E-state index is 11.8. The van der Waals surface area contributed by atoms with Gasteiger partial charge in [0.05, 0.1) is 6.61 Å². The topological polar surface area (TPSA) is 38.7 Å². The highest BCUT2D eigenvalue weighted by Gasteiger charge is 2.17. The van der Waals surface area contributed by atoms with Crippen LogP contribution in [0.25, 0.3) is 0 Å². The third-order valence-electron chi connectivity index (χ3n) is 2.37. The third-order valence-corrected chi connectivity index (χ3v) is 2.63. The molecule has 3 nitrogen and oxygen atoms in total. The average Bonchev–Trinajstić information content (AvgIpc) is 2.36. The Morgan fingerprint density at radius 3 is 2.63 bits per heavy atom. The monoisotopic (exact) mass is 279 g/mol. The van der Waals surface area contributed by atoms with E-state index in [-0.39, 0.29) is 5.97 Å². The fraction of sp³-hybridized carbons (Fsp3) is 0.333. The zero-order valence-electron chi connectivity index (χ0n) is 11.2. The second-order valence-electron chi connectivity index (χ2n) is 4.26. The lowest BCUT2D eigenvalue weighted by atomic mass is 10.1. The van der Waals surface area contributed by atoms with Crippen LogP contribution >= 0.6 is 11.6 Å². The summed E-state index contributed by atoms with van der Waals surface area (Å²) in [5, 5.41) is 0.668. The van der Waals surface area contributed by atoms with Gasteiger partial charge in [-0.2, -0.15) is 0 Å². The number of esters is 1. The third kappa shape index (κ3) is 5.71. The molecule has 0 heterocycles. The summed E-state index contributed by atoms with van der Waals surface area (Å²) < 4.78 is 5.00. The molecule has 0 aromatic heterocycles. The van der Waals surface area contributed by atoms with Crippen LogP contribution in [0, 0.1) is 0 Å². The predicted molar refractivity (Wildman–Crippen MR) is 78.9 cm³/mol. The molecular formula is C15H18ClNO2. The van der Waals surface area contributed by atoms with Crippen LogP contribution in [0.4, 0.5) is 0 Å². The van der Waals surface area contributed by atoms with E-state index in [0.29, 0.717) is 18.1 Å². The van der Waals surface area contributed by atoms with E-state index in [1.165, 1.54) is 0 Å². The second kappa shape index (κ2) is 7.74. The van der Waals surface area contributed by atoms with Gasteiger partial charge >= 0.3 is 5.97 Å². The van der Waals surface area contributed by atoms with E-state index in [1.807, 2.05) is 19.1 Å². The Hall–Kier alpha value is -1.61. The van der Waals surface area contributed by atoms with E-state index >= 15 is 0 Å². The number of nitrogens with zero attached hydrogens (tertiary/aromatic N) is 1. The molecule has 0 N–H and O–H groups in total. The molecule has 0 saturated heterocycles. The molecule has 1 aromatic rings. The summed E-state index contributed by atoms with van der Waals surface area (Å²) in [6.45, 7) is 7.80. The molecule has 0 fully saturated rings. The lowest BCUT2D eigenvalue weighted by molar-refractivity contribution is -0.144. The Morgan fingerprint density at radius 1 is 1.47 bits per heavy atom. The summed E-state index contributed by atoms with van der Waals surface area (Å²) in [6.07, 6.45) is 2.14. The van der Waals surface area contributed by atoms with Crippen LogP contribution in [0.5, 0.6) is 0 Å². The molecule has 19 heavy (non-hydrogen) atoms. The number of ether oxygens (including phenoxy) is 1. The van der Waals surface area contributed by atoms with Crippen LogP contribution in [0.3, 0.4) is 0 Å². The van der Waals surface area contributed by atoms with Crippen molar-refractivity contribution in [2.45, 2.75) is 26.3 Å². The number of hydrogen-bond acceptors (Lipinski definition) is 3. The molecule has 102 valence electrons. The van der Waals surface area contributed by atoms with E-state index < -0.39 is 6.04 Å². The molecule has 0 aliphatic carbocycles. The Morgan fingerprint density at radius 2 is 2.11 bits per heavy atom.